The number of nitrogens with two attached hydrogens (primary N) is 1. The van der Waals surface area contributed by atoms with Crippen LogP contribution < -0.4 is 16.2 Å². The fourth-order valence-electron chi connectivity index (χ4n) is 1.95. The molecule has 1 heterocycles. The van der Waals surface area contributed by atoms with E-state index in [-0.39, 0.29) is 18.8 Å². The number of non-ortho nitro benzene ring substituents is 1. The van der Waals surface area contributed by atoms with Gasteiger partial charge < -0.3 is 20.5 Å². The highest BCUT2D eigenvalue weighted by Gasteiger charge is 2.30. The summed E-state index contributed by atoms with van der Waals surface area (Å²) in [5.41, 5.74) is 3.18. The summed E-state index contributed by atoms with van der Waals surface area (Å²) < 4.78 is 0. The van der Waals surface area contributed by atoms with Crippen molar-refractivity contribution in [2.75, 3.05) is 23.4 Å². The molecule has 1 aliphatic heterocycles. The minimum Gasteiger partial charge on any atom is -0.389 e. The van der Waals surface area contributed by atoms with Crippen molar-refractivity contribution in [2.24, 2.45) is 5.84 Å². The number of hydrazine groups is 1. The van der Waals surface area contributed by atoms with Crippen LogP contribution >= 0.6 is 0 Å². The average Bonchev–Trinajstić information content (AvgIpc) is 2.69. The monoisotopic (exact) mass is 254 g/mol. The zero-order valence-corrected chi connectivity index (χ0v) is 9.48. The molecule has 1 aromatic rings. The van der Waals surface area contributed by atoms with Crippen molar-refractivity contribution in [1.29, 1.82) is 0 Å². The van der Waals surface area contributed by atoms with Crippen molar-refractivity contribution in [3.63, 3.8) is 0 Å². The second-order valence-corrected chi connectivity index (χ2v) is 4.18. The third-order valence-corrected chi connectivity index (χ3v) is 2.90. The molecule has 0 aliphatic carbocycles. The number of aliphatic hydroxyl groups excluding tert-OH is 2. The molecule has 98 valence electrons. The summed E-state index contributed by atoms with van der Waals surface area (Å²) in [7, 11) is 0. The van der Waals surface area contributed by atoms with Gasteiger partial charge in [0.1, 0.15) is 0 Å². The molecule has 1 fully saturated rings. The number of hydrogen-bond donors (Lipinski definition) is 4. The van der Waals surface area contributed by atoms with Crippen LogP contribution in [-0.4, -0.2) is 40.4 Å². The first kappa shape index (κ1) is 12.6. The quantitative estimate of drug-likeness (QED) is 0.323. The number of β-amino-alcohol motifs (C(OH)–C–C–N with tert-alkyl or cyclic N) is 2. The number of hydrogen-bond acceptors (Lipinski definition) is 7. The van der Waals surface area contributed by atoms with Crippen LogP contribution in [0.1, 0.15) is 0 Å². The number of anilines is 2. The van der Waals surface area contributed by atoms with Crippen molar-refractivity contribution < 1.29 is 15.1 Å². The van der Waals surface area contributed by atoms with Gasteiger partial charge in [-0.05, 0) is 6.07 Å². The van der Waals surface area contributed by atoms with Crippen LogP contribution in [0.3, 0.4) is 0 Å². The summed E-state index contributed by atoms with van der Waals surface area (Å²) in [6.45, 7) is 0.457. The predicted molar refractivity (Wildman–Crippen MR) is 65.1 cm³/mol. The van der Waals surface area contributed by atoms with Crippen LogP contribution in [0.2, 0.25) is 0 Å². The molecule has 8 nitrogen and oxygen atoms in total. The van der Waals surface area contributed by atoms with E-state index in [1.807, 2.05) is 0 Å². The molecule has 2 atom stereocenters. The maximum Gasteiger partial charge on any atom is 0.273 e. The van der Waals surface area contributed by atoms with E-state index in [0.717, 1.165) is 0 Å². The molecule has 0 radical (unpaired) electrons. The summed E-state index contributed by atoms with van der Waals surface area (Å²) >= 11 is 0. The fraction of sp³-hybridized carbons (Fsp3) is 0.400. The molecule has 0 amide bonds. The Hall–Kier alpha value is -1.90. The van der Waals surface area contributed by atoms with Gasteiger partial charge in [0.05, 0.1) is 22.8 Å². The topological polar surface area (TPSA) is 125 Å². The van der Waals surface area contributed by atoms with Gasteiger partial charge in [-0.3, -0.25) is 16.0 Å². The molecule has 18 heavy (non-hydrogen) atoms. The van der Waals surface area contributed by atoms with Gasteiger partial charge in [-0.15, -0.1) is 0 Å². The molecule has 2 rings (SSSR count). The molecule has 1 saturated heterocycles. The Morgan fingerprint density at radius 1 is 1.33 bits per heavy atom. The van der Waals surface area contributed by atoms with Gasteiger partial charge in [-0.2, -0.15) is 0 Å². The summed E-state index contributed by atoms with van der Waals surface area (Å²) in [5.74, 6) is 5.25. The van der Waals surface area contributed by atoms with E-state index in [9.17, 15) is 20.3 Å². The number of nitro benzene ring substituents is 1. The zero-order valence-electron chi connectivity index (χ0n) is 9.48. The number of benzene rings is 1. The third-order valence-electron chi connectivity index (χ3n) is 2.90. The number of nitrogens with zero attached hydrogens (tertiary/aromatic N) is 2. The minimum atomic E-state index is -0.849. The largest absolute Gasteiger partial charge is 0.389 e. The Labute approximate surface area is 103 Å². The lowest BCUT2D eigenvalue weighted by Crippen LogP contribution is -2.22. The van der Waals surface area contributed by atoms with Crippen LogP contribution in [-0.2, 0) is 0 Å². The smallest absolute Gasteiger partial charge is 0.273 e. The van der Waals surface area contributed by atoms with Gasteiger partial charge in [0.15, 0.2) is 0 Å². The third kappa shape index (κ3) is 2.35. The molecule has 8 heteroatoms. The van der Waals surface area contributed by atoms with Gasteiger partial charge in [-0.1, -0.05) is 0 Å². The minimum absolute atomic E-state index is 0.101. The second kappa shape index (κ2) is 4.77. The summed E-state index contributed by atoms with van der Waals surface area (Å²) in [4.78, 5) is 11.9. The van der Waals surface area contributed by atoms with E-state index in [4.69, 9.17) is 5.84 Å². The summed E-state index contributed by atoms with van der Waals surface area (Å²) in [6.07, 6.45) is -1.70. The molecule has 2 unspecified atom stereocenters. The highest BCUT2D eigenvalue weighted by Crippen LogP contribution is 2.29. The van der Waals surface area contributed by atoms with E-state index >= 15 is 0 Å². The van der Waals surface area contributed by atoms with Gasteiger partial charge in [0, 0.05) is 30.9 Å². The zero-order chi connectivity index (χ0) is 13.3. The normalized spacial score (nSPS) is 23.2. The first-order chi connectivity index (χ1) is 8.51. The van der Waals surface area contributed by atoms with E-state index in [2.05, 4.69) is 5.43 Å². The number of nitrogens with one attached hydrogen (secondary N) is 1. The first-order valence-corrected chi connectivity index (χ1v) is 5.38. The lowest BCUT2D eigenvalue weighted by molar-refractivity contribution is -0.384. The summed E-state index contributed by atoms with van der Waals surface area (Å²) in [5, 5.41) is 29.7. The van der Waals surface area contributed by atoms with Crippen LogP contribution in [0.15, 0.2) is 18.2 Å². The van der Waals surface area contributed by atoms with Crippen LogP contribution in [0, 0.1) is 10.1 Å². The van der Waals surface area contributed by atoms with Crippen molar-refractivity contribution in [3.05, 3.63) is 28.3 Å². The molecule has 5 N–H and O–H groups in total. The predicted octanol–water partition coefficient (Wildman–Crippen LogP) is -0.578. The Bertz CT molecular complexity index is 457. The molecule has 0 saturated carbocycles. The Kier molecular flexibility index (Phi) is 3.32. The van der Waals surface area contributed by atoms with Gasteiger partial charge in [-0.25, -0.2) is 0 Å². The van der Waals surface area contributed by atoms with Crippen LogP contribution in [0.5, 0.6) is 0 Å². The number of rotatable bonds is 3. The second-order valence-electron chi connectivity index (χ2n) is 4.18. The molecule has 0 bridgehead atoms. The van der Waals surface area contributed by atoms with E-state index < -0.39 is 17.1 Å². The standard InChI is InChI=1S/C10H14N4O4/c11-12-6-1-7(3-8(2-6)14(17)18)13-4-9(15)10(16)5-13/h1-3,9-10,12,15-16H,4-5,11H2. The van der Waals surface area contributed by atoms with E-state index in [1.165, 1.54) is 12.1 Å². The molecule has 0 aromatic heterocycles. The van der Waals surface area contributed by atoms with Crippen molar-refractivity contribution in [1.82, 2.24) is 0 Å². The number of aliphatic hydroxyl groups is 2. The van der Waals surface area contributed by atoms with Crippen molar-refractivity contribution in [3.8, 4) is 0 Å². The van der Waals surface area contributed by atoms with Crippen molar-refractivity contribution >= 4 is 17.1 Å². The number of nitro groups is 1. The van der Waals surface area contributed by atoms with E-state index in [0.29, 0.717) is 11.4 Å². The van der Waals surface area contributed by atoms with Crippen LogP contribution in [0.4, 0.5) is 17.1 Å². The fourth-order valence-corrected chi connectivity index (χ4v) is 1.95. The number of nitrogen functional groups attached to an aromatic ring is 1. The molecule has 1 aliphatic rings. The highest BCUT2D eigenvalue weighted by molar-refractivity contribution is 5.64. The van der Waals surface area contributed by atoms with Crippen molar-refractivity contribution in [2.45, 2.75) is 12.2 Å². The maximum absolute atomic E-state index is 10.8. The van der Waals surface area contributed by atoms with Crippen LogP contribution in [0.25, 0.3) is 0 Å². The lowest BCUT2D eigenvalue weighted by atomic mass is 10.2. The average molecular weight is 254 g/mol. The Morgan fingerprint density at radius 2 is 1.94 bits per heavy atom. The SMILES string of the molecule is NNc1cc(N2CC(O)C(O)C2)cc([N+](=O)[O-])c1. The molecule has 0 spiro atoms. The summed E-state index contributed by atoms with van der Waals surface area (Å²) in [6, 6.07) is 4.32. The molecular weight excluding hydrogens is 240 g/mol. The Balaban J connectivity index is 2.32. The lowest BCUT2D eigenvalue weighted by Gasteiger charge is -2.18. The molecule has 1 aromatic carbocycles. The van der Waals surface area contributed by atoms with E-state index in [1.54, 1.807) is 11.0 Å². The van der Waals surface area contributed by atoms with Gasteiger partial charge in [0.25, 0.3) is 5.69 Å². The van der Waals surface area contributed by atoms with Gasteiger partial charge in [0.2, 0.25) is 0 Å². The Morgan fingerprint density at radius 3 is 2.44 bits per heavy atom. The van der Waals surface area contributed by atoms with Gasteiger partial charge >= 0.3 is 0 Å². The maximum atomic E-state index is 10.8. The molecular formula is C10H14N4O4. The highest BCUT2D eigenvalue weighted by atomic mass is 16.6. The first-order valence-electron chi connectivity index (χ1n) is 5.38.